The molecule has 1 rings (SSSR count). The van der Waals surface area contributed by atoms with Crippen molar-refractivity contribution in [2.45, 2.75) is 19.8 Å². The number of rotatable bonds is 7. The topological polar surface area (TPSA) is 64.3 Å². The van der Waals surface area contributed by atoms with Crippen LogP contribution in [0.25, 0.3) is 0 Å². The van der Waals surface area contributed by atoms with Gasteiger partial charge in [0.25, 0.3) is 0 Å². The minimum atomic E-state index is 0.596. The van der Waals surface area contributed by atoms with E-state index in [1.807, 2.05) is 0 Å². The summed E-state index contributed by atoms with van der Waals surface area (Å²) in [6.07, 6.45) is 3.72. The third-order valence-corrected chi connectivity index (χ3v) is 2.23. The highest BCUT2D eigenvalue weighted by Crippen LogP contribution is 2.12. The Morgan fingerprint density at radius 2 is 2.25 bits per heavy atom. The molecule has 0 aromatic carbocycles. The maximum absolute atomic E-state index is 5.51. The average molecular weight is 224 g/mol. The fourth-order valence-electron chi connectivity index (χ4n) is 1.46. The second-order valence-electron chi connectivity index (χ2n) is 3.53. The Morgan fingerprint density at radius 1 is 1.44 bits per heavy atom. The minimum absolute atomic E-state index is 0.596. The highest BCUT2D eigenvalue weighted by Gasteiger charge is 2.08. The van der Waals surface area contributed by atoms with Crippen LogP contribution in [0, 0.1) is 0 Å². The molecule has 5 heteroatoms. The number of nitrogens with two attached hydrogens (primary N) is 1. The van der Waals surface area contributed by atoms with E-state index in [9.17, 15) is 0 Å². The number of hydrogen-bond acceptors (Lipinski definition) is 5. The summed E-state index contributed by atoms with van der Waals surface area (Å²) < 4.78 is 5.09. The lowest BCUT2D eigenvalue weighted by Gasteiger charge is -2.21. The number of aromatic nitrogens is 2. The van der Waals surface area contributed by atoms with E-state index in [1.54, 1.807) is 19.4 Å². The molecule has 0 fully saturated rings. The van der Waals surface area contributed by atoms with Gasteiger partial charge in [-0.15, -0.1) is 0 Å². The Kier molecular flexibility index (Phi) is 5.56. The van der Waals surface area contributed by atoms with E-state index >= 15 is 0 Å². The second-order valence-corrected chi connectivity index (χ2v) is 3.53. The van der Waals surface area contributed by atoms with Gasteiger partial charge in [0.05, 0.1) is 7.11 Å². The van der Waals surface area contributed by atoms with Gasteiger partial charge < -0.3 is 15.4 Å². The molecule has 0 aliphatic heterocycles. The first-order valence-electron chi connectivity index (χ1n) is 5.63. The van der Waals surface area contributed by atoms with Crippen LogP contribution in [-0.2, 0) is 0 Å². The fraction of sp³-hybridized carbons (Fsp3) is 0.636. The van der Waals surface area contributed by atoms with Crippen molar-refractivity contribution in [3.63, 3.8) is 0 Å². The number of methoxy groups -OCH3 is 1. The smallest absolute Gasteiger partial charge is 0.228 e. The lowest BCUT2D eigenvalue weighted by Crippen LogP contribution is -2.28. The number of hydrogen-bond donors (Lipinski definition) is 1. The molecule has 0 atom stereocenters. The van der Waals surface area contributed by atoms with Crippen LogP contribution in [0.15, 0.2) is 12.3 Å². The number of nitrogens with zero attached hydrogens (tertiary/aromatic N) is 3. The molecule has 5 nitrogen and oxygen atoms in total. The van der Waals surface area contributed by atoms with Crippen LogP contribution in [0.2, 0.25) is 0 Å². The molecule has 1 aromatic heterocycles. The van der Waals surface area contributed by atoms with Gasteiger partial charge in [-0.05, 0) is 19.4 Å². The molecule has 0 spiro atoms. The summed E-state index contributed by atoms with van der Waals surface area (Å²) in [5, 5.41) is 0. The Balaban J connectivity index is 2.73. The van der Waals surface area contributed by atoms with Crippen LogP contribution in [0.1, 0.15) is 19.8 Å². The molecular formula is C11H20N4O. The standard InChI is InChI=1S/C11H20N4O/c1-3-8-15(9-4-6-12)11-13-7-5-10(14-11)16-2/h5,7H,3-4,6,8-9,12H2,1-2H3. The van der Waals surface area contributed by atoms with E-state index in [4.69, 9.17) is 10.5 Å². The van der Waals surface area contributed by atoms with Crippen molar-refractivity contribution >= 4 is 5.95 Å². The maximum Gasteiger partial charge on any atom is 0.228 e. The SMILES string of the molecule is CCCN(CCCN)c1nccc(OC)n1. The zero-order valence-corrected chi connectivity index (χ0v) is 10.0. The van der Waals surface area contributed by atoms with Crippen LogP contribution in [-0.4, -0.2) is 36.7 Å². The molecule has 0 saturated carbocycles. The van der Waals surface area contributed by atoms with Crippen molar-refractivity contribution in [2.24, 2.45) is 5.73 Å². The molecule has 0 aliphatic rings. The van der Waals surface area contributed by atoms with Gasteiger partial charge in [0, 0.05) is 25.4 Å². The molecule has 0 unspecified atom stereocenters. The van der Waals surface area contributed by atoms with Crippen LogP contribution in [0.4, 0.5) is 5.95 Å². The Labute approximate surface area is 96.6 Å². The molecule has 0 saturated heterocycles. The largest absolute Gasteiger partial charge is 0.481 e. The van der Waals surface area contributed by atoms with E-state index in [0.717, 1.165) is 31.9 Å². The van der Waals surface area contributed by atoms with E-state index in [-0.39, 0.29) is 0 Å². The highest BCUT2D eigenvalue weighted by atomic mass is 16.5. The summed E-state index contributed by atoms with van der Waals surface area (Å²) in [5.41, 5.74) is 5.51. The van der Waals surface area contributed by atoms with Gasteiger partial charge in [-0.1, -0.05) is 6.92 Å². The van der Waals surface area contributed by atoms with Gasteiger partial charge >= 0.3 is 0 Å². The first-order valence-corrected chi connectivity index (χ1v) is 5.63. The first-order chi connectivity index (χ1) is 7.81. The predicted octanol–water partition coefficient (Wildman–Crippen LogP) is 1.05. The zero-order chi connectivity index (χ0) is 11.8. The van der Waals surface area contributed by atoms with Gasteiger partial charge in [-0.25, -0.2) is 4.98 Å². The molecule has 1 aromatic rings. The minimum Gasteiger partial charge on any atom is -0.481 e. The average Bonchev–Trinajstić information content (AvgIpc) is 2.34. The molecule has 0 amide bonds. The van der Waals surface area contributed by atoms with Gasteiger partial charge in [0.15, 0.2) is 0 Å². The van der Waals surface area contributed by atoms with Gasteiger partial charge in [-0.3, -0.25) is 0 Å². The molecule has 1 heterocycles. The zero-order valence-electron chi connectivity index (χ0n) is 10.0. The van der Waals surface area contributed by atoms with Gasteiger partial charge in [-0.2, -0.15) is 4.98 Å². The lowest BCUT2D eigenvalue weighted by molar-refractivity contribution is 0.396. The summed E-state index contributed by atoms with van der Waals surface area (Å²) in [6.45, 7) is 4.64. The lowest BCUT2D eigenvalue weighted by atomic mass is 10.3. The Bertz CT molecular complexity index is 306. The Hall–Kier alpha value is -1.36. The van der Waals surface area contributed by atoms with E-state index in [0.29, 0.717) is 12.4 Å². The summed E-state index contributed by atoms with van der Waals surface area (Å²) in [4.78, 5) is 10.7. The van der Waals surface area contributed by atoms with Gasteiger partial charge in [0.1, 0.15) is 0 Å². The van der Waals surface area contributed by atoms with E-state index in [2.05, 4.69) is 21.8 Å². The molecule has 16 heavy (non-hydrogen) atoms. The number of ether oxygens (including phenoxy) is 1. The predicted molar refractivity (Wildman–Crippen MR) is 64.8 cm³/mol. The summed E-state index contributed by atoms with van der Waals surface area (Å²) in [5.74, 6) is 1.31. The number of anilines is 1. The maximum atomic E-state index is 5.51. The van der Waals surface area contributed by atoms with Gasteiger partial charge in [0.2, 0.25) is 11.8 Å². The summed E-state index contributed by atoms with van der Waals surface area (Å²) in [6, 6.07) is 1.75. The van der Waals surface area contributed by atoms with Crippen LogP contribution in [0.5, 0.6) is 5.88 Å². The molecule has 0 aliphatic carbocycles. The molecule has 0 radical (unpaired) electrons. The monoisotopic (exact) mass is 224 g/mol. The van der Waals surface area contributed by atoms with Crippen molar-refractivity contribution in [3.8, 4) is 5.88 Å². The van der Waals surface area contributed by atoms with Crippen molar-refractivity contribution < 1.29 is 4.74 Å². The first kappa shape index (κ1) is 12.7. The van der Waals surface area contributed by atoms with Crippen LogP contribution in [0.3, 0.4) is 0 Å². The second kappa shape index (κ2) is 7.00. The van der Waals surface area contributed by atoms with Crippen LogP contribution >= 0.6 is 0 Å². The Morgan fingerprint density at radius 3 is 2.88 bits per heavy atom. The van der Waals surface area contributed by atoms with E-state index < -0.39 is 0 Å². The molecule has 90 valence electrons. The van der Waals surface area contributed by atoms with Crippen molar-refractivity contribution in [3.05, 3.63) is 12.3 Å². The molecular weight excluding hydrogens is 204 g/mol. The summed E-state index contributed by atoms with van der Waals surface area (Å²) >= 11 is 0. The van der Waals surface area contributed by atoms with Crippen LogP contribution < -0.4 is 15.4 Å². The molecule has 2 N–H and O–H groups in total. The highest BCUT2D eigenvalue weighted by molar-refractivity contribution is 5.31. The van der Waals surface area contributed by atoms with E-state index in [1.165, 1.54) is 0 Å². The van der Waals surface area contributed by atoms with Crippen molar-refractivity contribution in [1.82, 2.24) is 9.97 Å². The summed E-state index contributed by atoms with van der Waals surface area (Å²) in [7, 11) is 1.61. The van der Waals surface area contributed by atoms with Crippen molar-refractivity contribution in [2.75, 3.05) is 31.6 Å². The molecule has 0 bridgehead atoms. The normalized spacial score (nSPS) is 10.2. The quantitative estimate of drug-likeness (QED) is 0.750. The fourth-order valence-corrected chi connectivity index (χ4v) is 1.46. The third kappa shape index (κ3) is 3.66. The van der Waals surface area contributed by atoms with Crippen molar-refractivity contribution in [1.29, 1.82) is 0 Å². The third-order valence-electron chi connectivity index (χ3n) is 2.23.